The van der Waals surface area contributed by atoms with Crippen molar-refractivity contribution in [2.45, 2.75) is 44.2 Å². The number of hydrogen-bond acceptors (Lipinski definition) is 6. The number of hydrogen-bond donors (Lipinski definition) is 2. The molecule has 1 aliphatic rings. The molecule has 3 N–H and O–H groups in total. The summed E-state index contributed by atoms with van der Waals surface area (Å²) in [5, 5.41) is 3.86. The summed E-state index contributed by atoms with van der Waals surface area (Å²) in [4.78, 5) is 17.3. The highest BCUT2D eigenvalue weighted by Gasteiger charge is 2.27. The lowest BCUT2D eigenvalue weighted by atomic mass is 9.79. The van der Waals surface area contributed by atoms with Crippen molar-refractivity contribution in [1.29, 1.82) is 0 Å². The monoisotopic (exact) mass is 381 g/mol. The number of nitrogens with one attached hydrogen (secondary N) is 1. The number of nitrogens with two attached hydrogens (primary N) is 1. The molecular weight excluding hydrogens is 358 g/mol. The lowest BCUT2D eigenvalue weighted by Crippen LogP contribution is -2.38. The molecule has 1 aromatic carbocycles. The minimum atomic E-state index is -0.325. The van der Waals surface area contributed by atoms with E-state index in [4.69, 9.17) is 10.5 Å². The van der Waals surface area contributed by atoms with Gasteiger partial charge in [0.25, 0.3) is 0 Å². The van der Waals surface area contributed by atoms with Crippen molar-refractivity contribution >= 4 is 34.8 Å². The zero-order valence-corrected chi connectivity index (χ0v) is 15.9. The van der Waals surface area contributed by atoms with Crippen LogP contribution in [0.3, 0.4) is 0 Å². The molecule has 0 saturated carbocycles. The number of aryl methyl sites for hydroxylation is 1. The summed E-state index contributed by atoms with van der Waals surface area (Å²) in [6.45, 7) is 0.572. The van der Waals surface area contributed by atoms with Crippen LogP contribution in [0, 0.1) is 0 Å². The van der Waals surface area contributed by atoms with Crippen LogP contribution in [-0.4, -0.2) is 24.1 Å². The summed E-state index contributed by atoms with van der Waals surface area (Å²) < 4.78 is 5.00. The Morgan fingerprint density at radius 3 is 3.00 bits per heavy atom. The van der Waals surface area contributed by atoms with Crippen molar-refractivity contribution in [2.75, 3.05) is 12.8 Å². The number of ether oxygens (including phenoxy) is 1. The molecular formula is C18H24ClN3O2S. The molecule has 2 atom stereocenters. The second-order valence-electron chi connectivity index (χ2n) is 6.15. The van der Waals surface area contributed by atoms with Gasteiger partial charge in [0.05, 0.1) is 7.11 Å². The average molecular weight is 382 g/mol. The number of nitrogen functional groups attached to an aromatic ring is 1. The number of rotatable bonds is 6. The zero-order valence-electron chi connectivity index (χ0n) is 14.2. The van der Waals surface area contributed by atoms with Crippen molar-refractivity contribution in [2.24, 2.45) is 0 Å². The third-order valence-corrected chi connectivity index (χ3v) is 5.42. The van der Waals surface area contributed by atoms with Gasteiger partial charge in [-0.05, 0) is 42.7 Å². The predicted molar refractivity (Wildman–Crippen MR) is 103 cm³/mol. The van der Waals surface area contributed by atoms with Crippen molar-refractivity contribution in [3.63, 3.8) is 0 Å². The topological polar surface area (TPSA) is 77.2 Å². The molecule has 7 heteroatoms. The number of aromatic nitrogens is 1. The first kappa shape index (κ1) is 19.7. The van der Waals surface area contributed by atoms with E-state index in [0.717, 1.165) is 24.1 Å². The van der Waals surface area contributed by atoms with Gasteiger partial charge >= 0.3 is 5.97 Å². The fourth-order valence-electron chi connectivity index (χ4n) is 3.42. The van der Waals surface area contributed by atoms with Gasteiger partial charge in [0, 0.05) is 17.6 Å². The molecule has 5 nitrogen and oxygen atoms in total. The van der Waals surface area contributed by atoms with E-state index in [1.54, 1.807) is 6.20 Å². The number of nitrogens with zero attached hydrogens (tertiary/aromatic N) is 1. The summed E-state index contributed by atoms with van der Waals surface area (Å²) in [6, 6.07) is 8.23. The molecule has 2 aromatic rings. The van der Waals surface area contributed by atoms with Crippen LogP contribution in [0.4, 0.5) is 5.13 Å². The molecule has 136 valence electrons. The van der Waals surface area contributed by atoms with Gasteiger partial charge in [-0.15, -0.1) is 23.7 Å². The van der Waals surface area contributed by atoms with Crippen LogP contribution in [-0.2, 0) is 22.5 Å². The van der Waals surface area contributed by atoms with Crippen LogP contribution in [0.1, 0.15) is 41.2 Å². The van der Waals surface area contributed by atoms with Crippen LogP contribution < -0.4 is 11.1 Å². The number of fused-ring (bicyclic) bond motifs is 1. The minimum absolute atomic E-state index is 0. The molecule has 0 amide bonds. The molecule has 0 aliphatic heterocycles. The van der Waals surface area contributed by atoms with E-state index in [9.17, 15) is 4.79 Å². The molecule has 0 fully saturated rings. The SMILES string of the molecule is COC(=O)C(CC1CCCc2ccccc21)NCc1cnc(N)s1.Cl. The normalized spacial score (nSPS) is 17.2. The Morgan fingerprint density at radius 2 is 2.28 bits per heavy atom. The fourth-order valence-corrected chi connectivity index (χ4v) is 4.05. The quantitative estimate of drug-likeness (QED) is 0.751. The van der Waals surface area contributed by atoms with Crippen LogP contribution >= 0.6 is 23.7 Å². The van der Waals surface area contributed by atoms with Gasteiger partial charge in [-0.1, -0.05) is 24.3 Å². The highest BCUT2D eigenvalue weighted by atomic mass is 35.5. The zero-order chi connectivity index (χ0) is 16.9. The minimum Gasteiger partial charge on any atom is -0.468 e. The number of anilines is 1. The average Bonchev–Trinajstić information content (AvgIpc) is 3.03. The maximum absolute atomic E-state index is 12.2. The van der Waals surface area contributed by atoms with E-state index in [0.29, 0.717) is 17.6 Å². The van der Waals surface area contributed by atoms with E-state index >= 15 is 0 Å². The lowest BCUT2D eigenvalue weighted by Gasteiger charge is -2.28. The molecule has 0 bridgehead atoms. The van der Waals surface area contributed by atoms with Gasteiger partial charge in [0.1, 0.15) is 6.04 Å². The molecule has 0 saturated heterocycles. The van der Waals surface area contributed by atoms with Gasteiger partial charge in [0.2, 0.25) is 0 Å². The highest BCUT2D eigenvalue weighted by molar-refractivity contribution is 7.15. The third kappa shape index (κ3) is 4.93. The Bertz CT molecular complexity index is 707. The van der Waals surface area contributed by atoms with Crippen molar-refractivity contribution in [3.8, 4) is 0 Å². The molecule has 25 heavy (non-hydrogen) atoms. The largest absolute Gasteiger partial charge is 0.468 e. The molecule has 2 unspecified atom stereocenters. The molecule has 0 radical (unpaired) electrons. The Morgan fingerprint density at radius 1 is 1.48 bits per heavy atom. The van der Waals surface area contributed by atoms with E-state index < -0.39 is 0 Å². The van der Waals surface area contributed by atoms with Crippen LogP contribution in [0.2, 0.25) is 0 Å². The molecule has 1 aromatic heterocycles. The van der Waals surface area contributed by atoms with Gasteiger partial charge in [-0.25, -0.2) is 4.98 Å². The number of thiazole rings is 1. The number of halogens is 1. The summed E-state index contributed by atoms with van der Waals surface area (Å²) in [6.07, 6.45) is 5.90. The number of carbonyl (C=O) groups is 1. The van der Waals surface area contributed by atoms with Crippen LogP contribution in [0.5, 0.6) is 0 Å². The first-order valence-electron chi connectivity index (χ1n) is 8.26. The third-order valence-electron chi connectivity index (χ3n) is 4.59. The Kier molecular flexibility index (Phi) is 7.23. The van der Waals surface area contributed by atoms with Crippen molar-refractivity contribution in [3.05, 3.63) is 46.5 Å². The summed E-state index contributed by atoms with van der Waals surface area (Å²) in [5.74, 6) is 0.175. The Labute approximate surface area is 158 Å². The number of benzene rings is 1. The number of esters is 1. The van der Waals surface area contributed by atoms with E-state index in [2.05, 4.69) is 34.6 Å². The first-order chi connectivity index (χ1) is 11.7. The van der Waals surface area contributed by atoms with Crippen molar-refractivity contribution < 1.29 is 9.53 Å². The standard InChI is InChI=1S/C18H23N3O2S.ClH/c1-23-17(22)16(20-10-14-11-21-18(19)24-14)9-13-7-4-6-12-5-2-3-8-15(12)13;/h2-3,5,8,11,13,16,20H,4,6-7,9-10H2,1H3,(H2,19,21);1H. The number of carbonyl (C=O) groups excluding carboxylic acids is 1. The van der Waals surface area contributed by atoms with E-state index in [1.807, 2.05) is 0 Å². The lowest BCUT2D eigenvalue weighted by molar-refractivity contribution is -0.143. The van der Waals surface area contributed by atoms with E-state index in [-0.39, 0.29) is 24.4 Å². The molecule has 3 rings (SSSR count). The Hall–Kier alpha value is -1.63. The number of methoxy groups -OCH3 is 1. The summed E-state index contributed by atoms with van der Waals surface area (Å²) in [7, 11) is 1.44. The van der Waals surface area contributed by atoms with Crippen LogP contribution in [0.15, 0.2) is 30.5 Å². The van der Waals surface area contributed by atoms with Gasteiger partial charge < -0.3 is 10.5 Å². The van der Waals surface area contributed by atoms with E-state index in [1.165, 1.54) is 36.0 Å². The Balaban J connectivity index is 0.00000225. The smallest absolute Gasteiger partial charge is 0.322 e. The van der Waals surface area contributed by atoms with Gasteiger partial charge in [-0.3, -0.25) is 10.1 Å². The predicted octanol–water partition coefficient (Wildman–Crippen LogP) is 3.29. The van der Waals surface area contributed by atoms with Gasteiger partial charge in [-0.2, -0.15) is 0 Å². The summed E-state index contributed by atoms with van der Waals surface area (Å²) >= 11 is 1.44. The maximum Gasteiger partial charge on any atom is 0.322 e. The van der Waals surface area contributed by atoms with Crippen LogP contribution in [0.25, 0.3) is 0 Å². The highest BCUT2D eigenvalue weighted by Crippen LogP contribution is 2.34. The van der Waals surface area contributed by atoms with Crippen molar-refractivity contribution in [1.82, 2.24) is 10.3 Å². The maximum atomic E-state index is 12.2. The second-order valence-corrected chi connectivity index (χ2v) is 7.29. The molecule has 0 spiro atoms. The first-order valence-corrected chi connectivity index (χ1v) is 9.08. The van der Waals surface area contributed by atoms with Gasteiger partial charge in [0.15, 0.2) is 5.13 Å². The second kappa shape index (κ2) is 9.17. The molecule has 1 aliphatic carbocycles. The molecule has 1 heterocycles. The fraction of sp³-hybridized carbons (Fsp3) is 0.444. The summed E-state index contributed by atoms with van der Waals surface area (Å²) in [5.41, 5.74) is 8.45.